The molecule has 3 atom stereocenters. The van der Waals surface area contributed by atoms with Crippen molar-refractivity contribution in [1.82, 2.24) is 15.0 Å². The number of rotatable bonds is 7. The van der Waals surface area contributed by atoms with Gasteiger partial charge in [0.05, 0.1) is 18.5 Å². The maximum absolute atomic E-state index is 5.86. The molecule has 1 N–H and O–H groups in total. The van der Waals surface area contributed by atoms with Crippen LogP contribution in [-0.2, 0) is 5.41 Å². The fraction of sp³-hybridized carbons (Fsp3) is 0.609. The summed E-state index contributed by atoms with van der Waals surface area (Å²) in [4.78, 5) is 13.9. The van der Waals surface area contributed by atoms with E-state index in [-0.39, 0.29) is 10.8 Å². The molecule has 28 heavy (non-hydrogen) atoms. The summed E-state index contributed by atoms with van der Waals surface area (Å²) < 4.78 is 5.86. The summed E-state index contributed by atoms with van der Waals surface area (Å²) in [7, 11) is 0. The number of hydrogen-bond donors (Lipinski definition) is 1. The quantitative estimate of drug-likeness (QED) is 0.713. The van der Waals surface area contributed by atoms with Gasteiger partial charge in [0.25, 0.3) is 0 Å². The van der Waals surface area contributed by atoms with Gasteiger partial charge in [-0.1, -0.05) is 47.6 Å². The molecule has 0 amide bonds. The van der Waals surface area contributed by atoms with Crippen LogP contribution in [0.5, 0.6) is 5.88 Å². The van der Waals surface area contributed by atoms with E-state index >= 15 is 0 Å². The van der Waals surface area contributed by atoms with Gasteiger partial charge in [-0.25, -0.2) is 9.97 Å². The fourth-order valence-electron chi connectivity index (χ4n) is 3.59. The molecule has 0 spiro atoms. The van der Waals surface area contributed by atoms with Crippen LogP contribution in [0, 0.1) is 11.3 Å². The van der Waals surface area contributed by atoms with E-state index in [1.54, 1.807) is 6.20 Å². The molecule has 0 radical (unpaired) electrons. The minimum atomic E-state index is 0.0240. The molecule has 0 aromatic carbocycles. The largest absolute Gasteiger partial charge is 0.476 e. The number of ether oxygens (including phenoxy) is 1. The Kier molecular flexibility index (Phi) is 5.64. The second kappa shape index (κ2) is 7.69. The van der Waals surface area contributed by atoms with Crippen molar-refractivity contribution in [2.45, 2.75) is 72.3 Å². The molecule has 1 fully saturated rings. The van der Waals surface area contributed by atoms with E-state index in [0.29, 0.717) is 30.4 Å². The summed E-state index contributed by atoms with van der Waals surface area (Å²) in [6.07, 6.45) is 4.68. The molecule has 3 unspecified atom stereocenters. The lowest BCUT2D eigenvalue weighted by atomic mass is 9.98. The Labute approximate surface area is 169 Å². The van der Waals surface area contributed by atoms with Gasteiger partial charge in [0, 0.05) is 23.3 Å². The van der Waals surface area contributed by atoms with Crippen LogP contribution >= 0.6 is 0 Å². The van der Waals surface area contributed by atoms with Crippen molar-refractivity contribution in [2.24, 2.45) is 11.3 Å². The monoisotopic (exact) mass is 382 g/mol. The van der Waals surface area contributed by atoms with Crippen LogP contribution in [0.15, 0.2) is 30.6 Å². The van der Waals surface area contributed by atoms with E-state index in [0.717, 1.165) is 23.6 Å². The highest BCUT2D eigenvalue weighted by Crippen LogP contribution is 2.55. The number of anilines is 1. The van der Waals surface area contributed by atoms with Crippen molar-refractivity contribution in [3.05, 3.63) is 42.0 Å². The van der Waals surface area contributed by atoms with E-state index in [9.17, 15) is 0 Å². The molecular weight excluding hydrogens is 348 g/mol. The van der Waals surface area contributed by atoms with E-state index in [1.165, 1.54) is 0 Å². The van der Waals surface area contributed by atoms with Crippen LogP contribution in [0.4, 0.5) is 5.82 Å². The zero-order valence-corrected chi connectivity index (χ0v) is 18.3. The average Bonchev–Trinajstić information content (AvgIpc) is 3.33. The van der Waals surface area contributed by atoms with Gasteiger partial charge in [-0.05, 0) is 42.7 Å². The number of aromatic nitrogens is 3. The van der Waals surface area contributed by atoms with Gasteiger partial charge in [-0.15, -0.1) is 0 Å². The molecule has 2 aromatic rings. The molecule has 5 heteroatoms. The van der Waals surface area contributed by atoms with Crippen LogP contribution in [0.3, 0.4) is 0 Å². The molecule has 3 rings (SSSR count). The first-order valence-corrected chi connectivity index (χ1v) is 10.3. The number of nitrogens with one attached hydrogen (secondary N) is 1. The molecular formula is C23H34N4O. The predicted octanol–water partition coefficient (Wildman–Crippen LogP) is 5.20. The van der Waals surface area contributed by atoms with Gasteiger partial charge >= 0.3 is 0 Å². The first-order valence-electron chi connectivity index (χ1n) is 10.3. The third-order valence-electron chi connectivity index (χ3n) is 5.49. The summed E-state index contributed by atoms with van der Waals surface area (Å²) in [5.74, 6) is 2.48. The van der Waals surface area contributed by atoms with E-state index < -0.39 is 0 Å². The van der Waals surface area contributed by atoms with Crippen molar-refractivity contribution < 1.29 is 4.74 Å². The molecule has 1 aliphatic rings. The van der Waals surface area contributed by atoms with Crippen molar-refractivity contribution in [3.63, 3.8) is 0 Å². The Morgan fingerprint density at radius 1 is 1.18 bits per heavy atom. The highest BCUT2D eigenvalue weighted by atomic mass is 16.5. The molecule has 0 bridgehead atoms. The van der Waals surface area contributed by atoms with Crippen molar-refractivity contribution >= 4 is 5.82 Å². The summed E-state index contributed by atoms with van der Waals surface area (Å²) in [6.45, 7) is 15.9. The average molecular weight is 383 g/mol. The first-order chi connectivity index (χ1) is 13.1. The SMILES string of the molecule is CC(C)c1cccc(NC(C)C2CC2(C)c2cncc(OCC(C)(C)C)n2)n1. The van der Waals surface area contributed by atoms with E-state index in [1.807, 2.05) is 12.3 Å². The lowest BCUT2D eigenvalue weighted by Crippen LogP contribution is -2.24. The Bertz CT molecular complexity index is 814. The number of pyridine rings is 1. The predicted molar refractivity (Wildman–Crippen MR) is 114 cm³/mol. The Hall–Kier alpha value is -2.17. The van der Waals surface area contributed by atoms with Gasteiger partial charge in [0.1, 0.15) is 5.82 Å². The first kappa shape index (κ1) is 20.6. The summed E-state index contributed by atoms with van der Waals surface area (Å²) in [6, 6.07) is 6.51. The third-order valence-corrected chi connectivity index (χ3v) is 5.49. The lowest BCUT2D eigenvalue weighted by Gasteiger charge is -2.20. The minimum absolute atomic E-state index is 0.0240. The minimum Gasteiger partial charge on any atom is -0.476 e. The Morgan fingerprint density at radius 2 is 1.93 bits per heavy atom. The highest BCUT2D eigenvalue weighted by Gasteiger charge is 2.55. The zero-order chi connectivity index (χ0) is 20.5. The standard InChI is InChI=1S/C23H34N4O/c1-15(2)18-9-8-10-20(26-18)25-16(3)17-11-23(17,7)19-12-24-13-21(27-19)28-14-22(4,5)6/h8-10,12-13,15-17H,11,14H2,1-7H3,(H,25,26). The Morgan fingerprint density at radius 3 is 2.61 bits per heavy atom. The fourth-order valence-corrected chi connectivity index (χ4v) is 3.59. The van der Waals surface area contributed by atoms with Crippen molar-refractivity contribution in [3.8, 4) is 5.88 Å². The van der Waals surface area contributed by atoms with Crippen LogP contribution in [0.1, 0.15) is 72.2 Å². The summed E-state index contributed by atoms with van der Waals surface area (Å²) in [5, 5.41) is 3.59. The molecule has 0 saturated heterocycles. The van der Waals surface area contributed by atoms with Crippen LogP contribution < -0.4 is 10.1 Å². The maximum atomic E-state index is 5.86. The van der Waals surface area contributed by atoms with Crippen LogP contribution in [0.2, 0.25) is 0 Å². The molecule has 152 valence electrons. The van der Waals surface area contributed by atoms with Crippen LogP contribution in [0.25, 0.3) is 0 Å². The van der Waals surface area contributed by atoms with Gasteiger partial charge in [-0.3, -0.25) is 4.98 Å². The maximum Gasteiger partial charge on any atom is 0.232 e. The van der Waals surface area contributed by atoms with Crippen molar-refractivity contribution in [1.29, 1.82) is 0 Å². The van der Waals surface area contributed by atoms with Crippen LogP contribution in [-0.4, -0.2) is 27.6 Å². The number of nitrogens with zero attached hydrogens (tertiary/aromatic N) is 3. The molecule has 1 aliphatic carbocycles. The molecule has 1 saturated carbocycles. The smallest absolute Gasteiger partial charge is 0.232 e. The van der Waals surface area contributed by atoms with Gasteiger partial charge in [0.2, 0.25) is 5.88 Å². The van der Waals surface area contributed by atoms with Gasteiger partial charge in [0.15, 0.2) is 0 Å². The second-order valence-corrected chi connectivity index (χ2v) is 9.86. The van der Waals surface area contributed by atoms with Gasteiger partial charge < -0.3 is 10.1 Å². The zero-order valence-electron chi connectivity index (χ0n) is 18.3. The van der Waals surface area contributed by atoms with Crippen molar-refractivity contribution in [2.75, 3.05) is 11.9 Å². The summed E-state index contributed by atoms with van der Waals surface area (Å²) in [5.41, 5.74) is 2.25. The van der Waals surface area contributed by atoms with E-state index in [2.05, 4.69) is 70.9 Å². The number of hydrogen-bond acceptors (Lipinski definition) is 5. The highest BCUT2D eigenvalue weighted by molar-refractivity contribution is 5.39. The molecule has 0 aliphatic heterocycles. The van der Waals surface area contributed by atoms with E-state index in [4.69, 9.17) is 14.7 Å². The van der Waals surface area contributed by atoms with Gasteiger partial charge in [-0.2, -0.15) is 0 Å². The lowest BCUT2D eigenvalue weighted by molar-refractivity contribution is 0.190. The third kappa shape index (κ3) is 4.81. The normalized spacial score (nSPS) is 22.8. The molecule has 2 heterocycles. The topological polar surface area (TPSA) is 59.9 Å². The molecule has 2 aromatic heterocycles. The molecule has 5 nitrogen and oxygen atoms in total. The Balaban J connectivity index is 1.66. The second-order valence-electron chi connectivity index (χ2n) is 9.86. The summed E-state index contributed by atoms with van der Waals surface area (Å²) >= 11 is 0.